The van der Waals surface area contributed by atoms with Crippen molar-refractivity contribution < 1.29 is 4.74 Å². The van der Waals surface area contributed by atoms with Crippen molar-refractivity contribution in [3.63, 3.8) is 0 Å². The maximum absolute atomic E-state index is 5.99. The van der Waals surface area contributed by atoms with Crippen molar-refractivity contribution in [2.75, 3.05) is 6.61 Å². The monoisotopic (exact) mass is 322 g/mol. The van der Waals surface area contributed by atoms with E-state index in [2.05, 4.69) is 10.5 Å². The Morgan fingerprint density at radius 2 is 1.81 bits per heavy atom. The molecule has 0 unspecified atom stereocenters. The number of nitrogens with zero attached hydrogens (tertiary/aromatic N) is 1. The van der Waals surface area contributed by atoms with E-state index in [0.717, 1.165) is 21.9 Å². The summed E-state index contributed by atoms with van der Waals surface area (Å²) in [5.41, 5.74) is 4.93. The molecule has 0 aliphatic rings. The molecule has 2 aromatic rings. The second kappa shape index (κ2) is 7.91. The molecule has 2 aromatic carbocycles. The summed E-state index contributed by atoms with van der Waals surface area (Å²) in [7, 11) is 0. The molecule has 0 fully saturated rings. The van der Waals surface area contributed by atoms with Crippen LogP contribution in [0, 0.1) is 0 Å². The topological polar surface area (TPSA) is 33.6 Å². The first kappa shape index (κ1) is 15.7. The van der Waals surface area contributed by atoms with E-state index in [4.69, 9.17) is 27.9 Å². The molecule has 0 spiro atoms. The van der Waals surface area contributed by atoms with Crippen molar-refractivity contribution in [3.8, 4) is 5.75 Å². The summed E-state index contributed by atoms with van der Waals surface area (Å²) in [6.07, 6.45) is 1.70. The third kappa shape index (κ3) is 4.96. The first-order chi connectivity index (χ1) is 10.2. The summed E-state index contributed by atoms with van der Waals surface area (Å²) in [5, 5.41) is 5.57. The molecule has 0 saturated carbocycles. The molecule has 1 N–H and O–H groups in total. The second-order valence-electron chi connectivity index (χ2n) is 4.33. The maximum Gasteiger partial charge on any atom is 0.128 e. The maximum atomic E-state index is 5.99. The van der Waals surface area contributed by atoms with E-state index >= 15 is 0 Å². The lowest BCUT2D eigenvalue weighted by Crippen LogP contribution is -2.06. The van der Waals surface area contributed by atoms with Gasteiger partial charge in [0, 0.05) is 15.6 Å². The van der Waals surface area contributed by atoms with Gasteiger partial charge in [-0.15, -0.1) is 0 Å². The van der Waals surface area contributed by atoms with Gasteiger partial charge >= 0.3 is 0 Å². The van der Waals surface area contributed by atoms with Crippen LogP contribution in [0.4, 0.5) is 0 Å². The zero-order chi connectivity index (χ0) is 15.1. The molecule has 0 aliphatic carbocycles. The van der Waals surface area contributed by atoms with Crippen molar-refractivity contribution in [2.24, 2.45) is 5.10 Å². The highest BCUT2D eigenvalue weighted by Crippen LogP contribution is 2.21. The lowest BCUT2D eigenvalue weighted by molar-refractivity contribution is 0.340. The molecule has 0 heterocycles. The molecule has 2 rings (SSSR count). The fraction of sp³-hybridized carbons (Fsp3) is 0.188. The Balaban J connectivity index is 1.97. The van der Waals surface area contributed by atoms with Gasteiger partial charge in [0.1, 0.15) is 5.75 Å². The number of hydrogen-bond donors (Lipinski definition) is 1. The van der Waals surface area contributed by atoms with Crippen LogP contribution in [0.15, 0.2) is 47.6 Å². The van der Waals surface area contributed by atoms with Crippen LogP contribution in [-0.2, 0) is 6.54 Å². The van der Waals surface area contributed by atoms with Crippen molar-refractivity contribution in [1.82, 2.24) is 5.43 Å². The van der Waals surface area contributed by atoms with E-state index < -0.39 is 0 Å². The summed E-state index contributed by atoms with van der Waals surface area (Å²) in [6.45, 7) is 3.16. The van der Waals surface area contributed by atoms with E-state index in [-0.39, 0.29) is 0 Å². The first-order valence-electron chi connectivity index (χ1n) is 6.61. The zero-order valence-electron chi connectivity index (χ0n) is 11.6. The van der Waals surface area contributed by atoms with Crippen LogP contribution in [-0.4, -0.2) is 12.8 Å². The molecule has 0 amide bonds. The van der Waals surface area contributed by atoms with Crippen LogP contribution >= 0.6 is 23.2 Å². The lowest BCUT2D eigenvalue weighted by atomic mass is 10.2. The van der Waals surface area contributed by atoms with Crippen molar-refractivity contribution >= 4 is 29.4 Å². The molecule has 0 bridgehead atoms. The summed E-state index contributed by atoms with van der Waals surface area (Å²) in [4.78, 5) is 0. The highest BCUT2D eigenvalue weighted by molar-refractivity contribution is 6.31. The Morgan fingerprint density at radius 1 is 1.10 bits per heavy atom. The lowest BCUT2D eigenvalue weighted by Gasteiger charge is -2.07. The van der Waals surface area contributed by atoms with Crippen LogP contribution < -0.4 is 10.2 Å². The number of ether oxygens (including phenoxy) is 1. The molecule has 0 radical (unpaired) electrons. The minimum atomic E-state index is 0.598. The predicted molar refractivity (Wildman–Crippen MR) is 88.5 cm³/mol. The van der Waals surface area contributed by atoms with E-state index in [1.165, 1.54) is 0 Å². The average molecular weight is 323 g/mol. The summed E-state index contributed by atoms with van der Waals surface area (Å²) in [6, 6.07) is 13.1. The van der Waals surface area contributed by atoms with Crippen LogP contribution in [0.1, 0.15) is 18.1 Å². The number of halogens is 2. The van der Waals surface area contributed by atoms with Gasteiger partial charge in [0.05, 0.1) is 19.4 Å². The zero-order valence-corrected chi connectivity index (χ0v) is 13.2. The molecule has 3 nitrogen and oxygen atoms in total. The van der Waals surface area contributed by atoms with Crippen molar-refractivity contribution in [2.45, 2.75) is 13.5 Å². The van der Waals surface area contributed by atoms with Gasteiger partial charge in [0.2, 0.25) is 0 Å². The minimum Gasteiger partial charge on any atom is -0.493 e. The Hall–Kier alpha value is -1.71. The van der Waals surface area contributed by atoms with E-state index in [9.17, 15) is 0 Å². The predicted octanol–water partition coefficient (Wildman–Crippen LogP) is 4.52. The smallest absolute Gasteiger partial charge is 0.128 e. The second-order valence-corrected chi connectivity index (χ2v) is 5.21. The Morgan fingerprint density at radius 3 is 2.52 bits per heavy atom. The quantitative estimate of drug-likeness (QED) is 0.626. The van der Waals surface area contributed by atoms with E-state index in [1.807, 2.05) is 43.3 Å². The van der Waals surface area contributed by atoms with Gasteiger partial charge in [0.25, 0.3) is 0 Å². The normalized spacial score (nSPS) is 10.8. The molecule has 0 aromatic heterocycles. The van der Waals surface area contributed by atoms with Crippen LogP contribution in [0.25, 0.3) is 0 Å². The summed E-state index contributed by atoms with van der Waals surface area (Å²) < 4.78 is 5.53. The third-order valence-electron chi connectivity index (χ3n) is 2.76. The number of hydrazone groups is 1. The van der Waals surface area contributed by atoms with Crippen molar-refractivity contribution in [1.29, 1.82) is 0 Å². The first-order valence-corrected chi connectivity index (χ1v) is 7.37. The molecule has 0 atom stereocenters. The van der Waals surface area contributed by atoms with Gasteiger partial charge in [-0.25, -0.2) is 0 Å². The number of rotatable bonds is 6. The number of hydrogen-bond acceptors (Lipinski definition) is 3. The fourth-order valence-electron chi connectivity index (χ4n) is 1.76. The Labute approximate surface area is 134 Å². The minimum absolute atomic E-state index is 0.598. The highest BCUT2D eigenvalue weighted by Gasteiger charge is 2.01. The number of nitrogens with one attached hydrogen (secondary N) is 1. The number of benzene rings is 2. The van der Waals surface area contributed by atoms with E-state index in [1.54, 1.807) is 12.3 Å². The Bertz CT molecular complexity index is 612. The van der Waals surface area contributed by atoms with Gasteiger partial charge in [-0.3, -0.25) is 0 Å². The molecule has 21 heavy (non-hydrogen) atoms. The van der Waals surface area contributed by atoms with Gasteiger partial charge in [-0.05, 0) is 42.8 Å². The molecule has 110 valence electrons. The largest absolute Gasteiger partial charge is 0.493 e. The molecular formula is C16H16Cl2N2O. The Kier molecular flexibility index (Phi) is 5.90. The molecular weight excluding hydrogens is 307 g/mol. The fourth-order valence-corrected chi connectivity index (χ4v) is 2.07. The molecule has 5 heteroatoms. The van der Waals surface area contributed by atoms with Crippen LogP contribution in [0.5, 0.6) is 5.75 Å². The van der Waals surface area contributed by atoms with Crippen LogP contribution in [0.2, 0.25) is 10.0 Å². The average Bonchev–Trinajstić information content (AvgIpc) is 2.48. The van der Waals surface area contributed by atoms with Crippen molar-refractivity contribution in [3.05, 3.63) is 63.6 Å². The molecule has 0 saturated heterocycles. The SMILES string of the molecule is CCOc1ccc(Cl)cc1/C=N\NCc1ccc(Cl)cc1. The summed E-state index contributed by atoms with van der Waals surface area (Å²) >= 11 is 11.8. The standard InChI is InChI=1S/C16H16Cl2N2O/c1-2-21-16-8-7-15(18)9-13(16)11-20-19-10-12-3-5-14(17)6-4-12/h3-9,11,19H,2,10H2,1H3/b20-11-. The highest BCUT2D eigenvalue weighted by atomic mass is 35.5. The van der Waals surface area contributed by atoms with E-state index in [0.29, 0.717) is 18.2 Å². The summed E-state index contributed by atoms with van der Waals surface area (Å²) in [5.74, 6) is 0.763. The van der Waals surface area contributed by atoms with Gasteiger partial charge in [-0.1, -0.05) is 35.3 Å². The van der Waals surface area contributed by atoms with Gasteiger partial charge in [0.15, 0.2) is 0 Å². The van der Waals surface area contributed by atoms with Gasteiger partial charge < -0.3 is 10.2 Å². The molecule has 0 aliphatic heterocycles. The van der Waals surface area contributed by atoms with Gasteiger partial charge in [-0.2, -0.15) is 5.10 Å². The van der Waals surface area contributed by atoms with Crippen LogP contribution in [0.3, 0.4) is 0 Å². The third-order valence-corrected chi connectivity index (χ3v) is 3.25.